The number of anilines is 1. The molecule has 1 N–H and O–H groups in total. The van der Waals surface area contributed by atoms with Crippen LogP contribution < -0.4 is 10.2 Å². The summed E-state index contributed by atoms with van der Waals surface area (Å²) in [5, 5.41) is 3.32. The van der Waals surface area contributed by atoms with Gasteiger partial charge in [0.25, 0.3) is 0 Å². The molecule has 2 aliphatic rings. The minimum absolute atomic E-state index is 0.282. The molecule has 0 unspecified atom stereocenters. The zero-order chi connectivity index (χ0) is 14.5. The topological polar surface area (TPSA) is 38.8 Å². The Kier molecular flexibility index (Phi) is 4.72. The van der Waals surface area contributed by atoms with Crippen LogP contribution in [0.3, 0.4) is 0 Å². The summed E-state index contributed by atoms with van der Waals surface area (Å²) >= 11 is 0. The molecule has 0 aromatic heterocycles. The van der Waals surface area contributed by atoms with Gasteiger partial charge in [0, 0.05) is 58.0 Å². The third-order valence-corrected chi connectivity index (χ3v) is 4.32. The number of benzene rings is 1. The standard InChI is InChI=1S/C16H24N4O/c21-16(14-18-8-6-17-7-9-18)20-12-10-19(11-13-20)15-4-2-1-3-5-15/h1-5,17H,6-14H2. The monoisotopic (exact) mass is 288 g/mol. The number of amides is 1. The molecule has 2 fully saturated rings. The maximum absolute atomic E-state index is 12.4. The van der Waals surface area contributed by atoms with Crippen molar-refractivity contribution >= 4 is 11.6 Å². The number of carbonyl (C=O) groups excluding carboxylic acids is 1. The first-order valence-electron chi connectivity index (χ1n) is 7.84. The number of carbonyl (C=O) groups is 1. The van der Waals surface area contributed by atoms with Crippen LogP contribution in [0.5, 0.6) is 0 Å². The number of nitrogens with one attached hydrogen (secondary N) is 1. The molecule has 0 bridgehead atoms. The van der Waals surface area contributed by atoms with E-state index < -0.39 is 0 Å². The van der Waals surface area contributed by atoms with Gasteiger partial charge >= 0.3 is 0 Å². The van der Waals surface area contributed by atoms with E-state index in [1.807, 2.05) is 11.0 Å². The summed E-state index contributed by atoms with van der Waals surface area (Å²) in [7, 11) is 0. The lowest BCUT2D eigenvalue weighted by atomic mass is 10.2. The van der Waals surface area contributed by atoms with Gasteiger partial charge in [0.1, 0.15) is 0 Å². The number of hydrogen-bond acceptors (Lipinski definition) is 4. The fourth-order valence-electron chi connectivity index (χ4n) is 3.01. The van der Waals surface area contributed by atoms with E-state index in [4.69, 9.17) is 0 Å². The third kappa shape index (κ3) is 3.74. The van der Waals surface area contributed by atoms with E-state index in [1.165, 1.54) is 5.69 Å². The normalized spacial score (nSPS) is 20.6. The van der Waals surface area contributed by atoms with Gasteiger partial charge in [0.05, 0.1) is 6.54 Å². The average molecular weight is 288 g/mol. The van der Waals surface area contributed by atoms with Crippen LogP contribution in [0.1, 0.15) is 0 Å². The molecule has 1 aromatic carbocycles. The molecule has 2 heterocycles. The summed E-state index contributed by atoms with van der Waals surface area (Å²) in [4.78, 5) is 19.0. The van der Waals surface area contributed by atoms with Crippen LogP contribution in [0.15, 0.2) is 30.3 Å². The van der Waals surface area contributed by atoms with Crippen LogP contribution in [-0.2, 0) is 4.79 Å². The zero-order valence-electron chi connectivity index (χ0n) is 12.5. The maximum Gasteiger partial charge on any atom is 0.236 e. The molecule has 114 valence electrons. The molecular weight excluding hydrogens is 264 g/mol. The molecule has 21 heavy (non-hydrogen) atoms. The van der Waals surface area contributed by atoms with Crippen molar-refractivity contribution in [1.82, 2.24) is 15.1 Å². The van der Waals surface area contributed by atoms with Crippen LogP contribution in [0, 0.1) is 0 Å². The van der Waals surface area contributed by atoms with E-state index in [2.05, 4.69) is 39.4 Å². The van der Waals surface area contributed by atoms with Crippen molar-refractivity contribution in [3.8, 4) is 0 Å². The number of piperazine rings is 2. The van der Waals surface area contributed by atoms with Crippen molar-refractivity contribution in [3.63, 3.8) is 0 Å². The highest BCUT2D eigenvalue weighted by molar-refractivity contribution is 5.78. The van der Waals surface area contributed by atoms with Gasteiger partial charge in [-0.15, -0.1) is 0 Å². The van der Waals surface area contributed by atoms with Crippen LogP contribution >= 0.6 is 0 Å². The summed E-state index contributed by atoms with van der Waals surface area (Å²) in [5.74, 6) is 0.282. The van der Waals surface area contributed by atoms with Crippen molar-refractivity contribution in [1.29, 1.82) is 0 Å². The first kappa shape index (κ1) is 14.4. The molecule has 5 nitrogen and oxygen atoms in total. The number of para-hydroxylation sites is 1. The Morgan fingerprint density at radius 1 is 0.952 bits per heavy atom. The molecule has 2 saturated heterocycles. The van der Waals surface area contributed by atoms with Gasteiger partial charge in [-0.25, -0.2) is 0 Å². The Hall–Kier alpha value is -1.59. The lowest BCUT2D eigenvalue weighted by Gasteiger charge is -2.37. The van der Waals surface area contributed by atoms with E-state index in [0.29, 0.717) is 6.54 Å². The van der Waals surface area contributed by atoms with E-state index >= 15 is 0 Å². The highest BCUT2D eigenvalue weighted by atomic mass is 16.2. The first-order chi connectivity index (χ1) is 10.3. The van der Waals surface area contributed by atoms with Crippen molar-refractivity contribution in [2.24, 2.45) is 0 Å². The molecule has 0 radical (unpaired) electrons. The van der Waals surface area contributed by atoms with Gasteiger partial charge in [-0.1, -0.05) is 18.2 Å². The lowest BCUT2D eigenvalue weighted by molar-refractivity contribution is -0.132. The first-order valence-corrected chi connectivity index (χ1v) is 7.84. The third-order valence-electron chi connectivity index (χ3n) is 4.32. The van der Waals surface area contributed by atoms with Gasteiger partial charge in [-0.2, -0.15) is 0 Å². The van der Waals surface area contributed by atoms with Crippen LogP contribution in [0.2, 0.25) is 0 Å². The van der Waals surface area contributed by atoms with Gasteiger partial charge < -0.3 is 15.1 Å². The fraction of sp³-hybridized carbons (Fsp3) is 0.562. The Bertz CT molecular complexity index is 451. The Morgan fingerprint density at radius 3 is 2.29 bits per heavy atom. The van der Waals surface area contributed by atoms with Crippen molar-refractivity contribution in [2.75, 3.05) is 63.8 Å². The molecule has 5 heteroatoms. The predicted molar refractivity (Wildman–Crippen MR) is 84.5 cm³/mol. The van der Waals surface area contributed by atoms with Crippen LogP contribution in [0.25, 0.3) is 0 Å². The summed E-state index contributed by atoms with van der Waals surface area (Å²) in [5.41, 5.74) is 1.26. The molecule has 0 atom stereocenters. The minimum atomic E-state index is 0.282. The average Bonchev–Trinajstić information content (AvgIpc) is 2.57. The van der Waals surface area contributed by atoms with E-state index in [9.17, 15) is 4.79 Å². The molecule has 0 spiro atoms. The largest absolute Gasteiger partial charge is 0.368 e. The van der Waals surface area contributed by atoms with Crippen molar-refractivity contribution in [3.05, 3.63) is 30.3 Å². The molecular formula is C16H24N4O. The van der Waals surface area contributed by atoms with Crippen molar-refractivity contribution < 1.29 is 4.79 Å². The molecule has 2 aliphatic heterocycles. The van der Waals surface area contributed by atoms with Crippen LogP contribution in [-0.4, -0.2) is 74.6 Å². The number of rotatable bonds is 3. The predicted octanol–water partition coefficient (Wildman–Crippen LogP) is 0.240. The summed E-state index contributed by atoms with van der Waals surface area (Å²) < 4.78 is 0. The second kappa shape index (κ2) is 6.91. The summed E-state index contributed by atoms with van der Waals surface area (Å²) in [6, 6.07) is 10.4. The molecule has 0 aliphatic carbocycles. The smallest absolute Gasteiger partial charge is 0.236 e. The number of nitrogens with zero attached hydrogens (tertiary/aromatic N) is 3. The fourth-order valence-corrected chi connectivity index (χ4v) is 3.01. The molecule has 1 aromatic rings. The Morgan fingerprint density at radius 2 is 1.62 bits per heavy atom. The van der Waals surface area contributed by atoms with E-state index in [-0.39, 0.29) is 5.91 Å². The zero-order valence-corrected chi connectivity index (χ0v) is 12.5. The van der Waals surface area contributed by atoms with Gasteiger partial charge in [0.15, 0.2) is 0 Å². The second-order valence-corrected chi connectivity index (χ2v) is 5.73. The van der Waals surface area contributed by atoms with Gasteiger partial charge in [0.2, 0.25) is 5.91 Å². The van der Waals surface area contributed by atoms with Gasteiger partial charge in [-0.05, 0) is 12.1 Å². The Balaban J connectivity index is 1.47. The Labute approximate surface area is 126 Å². The summed E-state index contributed by atoms with van der Waals surface area (Å²) in [6.45, 7) is 8.05. The second-order valence-electron chi connectivity index (χ2n) is 5.73. The highest BCUT2D eigenvalue weighted by Crippen LogP contribution is 2.15. The van der Waals surface area contributed by atoms with E-state index in [0.717, 1.165) is 52.4 Å². The SMILES string of the molecule is O=C(CN1CCNCC1)N1CCN(c2ccccc2)CC1. The quantitative estimate of drug-likeness (QED) is 0.865. The minimum Gasteiger partial charge on any atom is -0.368 e. The maximum atomic E-state index is 12.4. The van der Waals surface area contributed by atoms with Crippen molar-refractivity contribution in [2.45, 2.75) is 0 Å². The molecule has 0 saturated carbocycles. The lowest BCUT2D eigenvalue weighted by Crippen LogP contribution is -2.53. The molecule has 3 rings (SSSR count). The van der Waals surface area contributed by atoms with E-state index in [1.54, 1.807) is 0 Å². The molecule has 1 amide bonds. The highest BCUT2D eigenvalue weighted by Gasteiger charge is 2.23. The number of hydrogen-bond donors (Lipinski definition) is 1. The van der Waals surface area contributed by atoms with Gasteiger partial charge in [-0.3, -0.25) is 9.69 Å². The summed E-state index contributed by atoms with van der Waals surface area (Å²) in [6.07, 6.45) is 0. The van der Waals surface area contributed by atoms with Crippen LogP contribution in [0.4, 0.5) is 5.69 Å².